The Morgan fingerprint density at radius 2 is 2.05 bits per heavy atom. The third-order valence-electron chi connectivity index (χ3n) is 2.89. The summed E-state index contributed by atoms with van der Waals surface area (Å²) in [5.41, 5.74) is 1.80. The summed E-state index contributed by atoms with van der Waals surface area (Å²) in [6.45, 7) is 2.62. The molecular weight excluding hydrogens is 260 g/mol. The van der Waals surface area contributed by atoms with Crippen molar-refractivity contribution in [2.75, 3.05) is 20.7 Å². The number of ether oxygens (including phenoxy) is 1. The first-order valence-corrected chi connectivity index (χ1v) is 6.89. The Hall–Kier alpha value is -1.88. The summed E-state index contributed by atoms with van der Waals surface area (Å²) >= 11 is 1.37. The molecule has 0 unspecified atom stereocenters. The van der Waals surface area contributed by atoms with Gasteiger partial charge in [0, 0.05) is 24.5 Å². The monoisotopic (exact) mass is 276 g/mol. The Labute approximate surface area is 116 Å². The van der Waals surface area contributed by atoms with Gasteiger partial charge in [-0.05, 0) is 31.2 Å². The van der Waals surface area contributed by atoms with Crippen LogP contribution in [0.2, 0.25) is 0 Å². The van der Waals surface area contributed by atoms with E-state index in [9.17, 15) is 4.79 Å². The molecule has 0 aliphatic carbocycles. The average molecular weight is 276 g/mol. The molecule has 0 spiro atoms. The van der Waals surface area contributed by atoms with E-state index in [-0.39, 0.29) is 5.91 Å². The van der Waals surface area contributed by atoms with E-state index in [0.717, 1.165) is 17.0 Å². The summed E-state index contributed by atoms with van der Waals surface area (Å²) in [6, 6.07) is 7.64. The van der Waals surface area contributed by atoms with E-state index in [1.807, 2.05) is 36.6 Å². The van der Waals surface area contributed by atoms with Crippen LogP contribution in [0.5, 0.6) is 5.75 Å². The number of hydrogen-bond donors (Lipinski definition) is 0. The van der Waals surface area contributed by atoms with Crippen LogP contribution in [0.1, 0.15) is 16.7 Å². The predicted octanol–water partition coefficient (Wildman–Crippen LogP) is 2.91. The number of aromatic nitrogens is 1. The number of thiazole rings is 1. The number of rotatable bonds is 4. The van der Waals surface area contributed by atoms with Gasteiger partial charge in [0.05, 0.1) is 12.8 Å². The number of methoxy groups -OCH3 is 1. The lowest BCUT2D eigenvalue weighted by Gasteiger charge is -2.11. The van der Waals surface area contributed by atoms with Gasteiger partial charge in [0.2, 0.25) is 0 Å². The highest BCUT2D eigenvalue weighted by Crippen LogP contribution is 2.24. The van der Waals surface area contributed by atoms with Crippen molar-refractivity contribution in [3.05, 3.63) is 34.7 Å². The SMILES string of the molecule is CCN(C)C(=O)c1nc(-c2ccc(OC)cc2)cs1. The Kier molecular flexibility index (Phi) is 4.16. The van der Waals surface area contributed by atoms with Crippen LogP contribution >= 0.6 is 11.3 Å². The van der Waals surface area contributed by atoms with Crippen LogP contribution in [-0.2, 0) is 0 Å². The highest BCUT2D eigenvalue weighted by atomic mass is 32.1. The van der Waals surface area contributed by atoms with E-state index in [4.69, 9.17) is 4.74 Å². The lowest BCUT2D eigenvalue weighted by molar-refractivity contribution is 0.0802. The summed E-state index contributed by atoms with van der Waals surface area (Å²) in [4.78, 5) is 18.0. The van der Waals surface area contributed by atoms with Crippen molar-refractivity contribution < 1.29 is 9.53 Å². The molecular formula is C14H16N2O2S. The van der Waals surface area contributed by atoms with Gasteiger partial charge in [-0.3, -0.25) is 4.79 Å². The number of amides is 1. The number of carbonyl (C=O) groups excluding carboxylic acids is 1. The zero-order valence-electron chi connectivity index (χ0n) is 11.2. The number of benzene rings is 1. The molecule has 4 nitrogen and oxygen atoms in total. The molecule has 0 aliphatic rings. The number of hydrogen-bond acceptors (Lipinski definition) is 4. The van der Waals surface area contributed by atoms with Crippen LogP contribution in [0.25, 0.3) is 11.3 Å². The van der Waals surface area contributed by atoms with Gasteiger partial charge in [0.15, 0.2) is 5.01 Å². The van der Waals surface area contributed by atoms with Crippen molar-refractivity contribution in [3.63, 3.8) is 0 Å². The highest BCUT2D eigenvalue weighted by Gasteiger charge is 2.15. The molecule has 0 fully saturated rings. The van der Waals surface area contributed by atoms with E-state index < -0.39 is 0 Å². The van der Waals surface area contributed by atoms with Crippen molar-refractivity contribution >= 4 is 17.2 Å². The Morgan fingerprint density at radius 1 is 1.37 bits per heavy atom. The van der Waals surface area contributed by atoms with Crippen molar-refractivity contribution in [3.8, 4) is 17.0 Å². The third-order valence-corrected chi connectivity index (χ3v) is 3.72. The topological polar surface area (TPSA) is 42.4 Å². The molecule has 0 saturated heterocycles. The van der Waals surface area contributed by atoms with Crippen LogP contribution < -0.4 is 4.74 Å². The Balaban J connectivity index is 2.22. The molecule has 1 amide bonds. The smallest absolute Gasteiger partial charge is 0.282 e. The van der Waals surface area contributed by atoms with Gasteiger partial charge in [0.25, 0.3) is 5.91 Å². The van der Waals surface area contributed by atoms with Crippen LogP contribution in [0.15, 0.2) is 29.6 Å². The third kappa shape index (κ3) is 2.93. The molecule has 5 heteroatoms. The first-order chi connectivity index (χ1) is 9.15. The van der Waals surface area contributed by atoms with E-state index in [2.05, 4.69) is 4.98 Å². The fourth-order valence-corrected chi connectivity index (χ4v) is 2.39. The summed E-state index contributed by atoms with van der Waals surface area (Å²) in [5, 5.41) is 2.42. The second kappa shape index (κ2) is 5.84. The van der Waals surface area contributed by atoms with Crippen molar-refractivity contribution in [2.24, 2.45) is 0 Å². The van der Waals surface area contributed by atoms with Gasteiger partial charge in [-0.2, -0.15) is 0 Å². The fourth-order valence-electron chi connectivity index (χ4n) is 1.57. The summed E-state index contributed by atoms with van der Waals surface area (Å²) in [6.07, 6.45) is 0. The molecule has 0 N–H and O–H groups in total. The molecule has 1 heterocycles. The van der Waals surface area contributed by atoms with Crippen molar-refractivity contribution in [1.82, 2.24) is 9.88 Å². The molecule has 0 bridgehead atoms. The lowest BCUT2D eigenvalue weighted by Crippen LogP contribution is -2.25. The summed E-state index contributed by atoms with van der Waals surface area (Å²) in [5.74, 6) is 0.772. The largest absolute Gasteiger partial charge is 0.497 e. The number of carbonyl (C=O) groups is 1. The van der Waals surface area contributed by atoms with Gasteiger partial charge in [0.1, 0.15) is 5.75 Å². The predicted molar refractivity (Wildman–Crippen MR) is 76.7 cm³/mol. The van der Waals surface area contributed by atoms with E-state index in [1.54, 1.807) is 19.1 Å². The molecule has 19 heavy (non-hydrogen) atoms. The zero-order valence-corrected chi connectivity index (χ0v) is 12.0. The molecule has 0 saturated carbocycles. The molecule has 100 valence electrons. The zero-order chi connectivity index (χ0) is 13.8. The Bertz CT molecular complexity index is 563. The quantitative estimate of drug-likeness (QED) is 0.862. The first kappa shape index (κ1) is 13.5. The normalized spacial score (nSPS) is 10.3. The highest BCUT2D eigenvalue weighted by molar-refractivity contribution is 7.12. The molecule has 0 atom stereocenters. The standard InChI is InChI=1S/C14H16N2O2S/c1-4-16(2)14(17)13-15-12(9-19-13)10-5-7-11(18-3)8-6-10/h5-9H,4H2,1-3H3. The maximum atomic E-state index is 12.0. The molecule has 0 radical (unpaired) electrons. The molecule has 0 aliphatic heterocycles. The maximum absolute atomic E-state index is 12.0. The van der Waals surface area contributed by atoms with Crippen LogP contribution in [-0.4, -0.2) is 36.5 Å². The van der Waals surface area contributed by atoms with Crippen LogP contribution in [0.4, 0.5) is 0 Å². The molecule has 2 rings (SSSR count). The maximum Gasteiger partial charge on any atom is 0.282 e. The molecule has 1 aromatic heterocycles. The molecule has 1 aromatic carbocycles. The van der Waals surface area contributed by atoms with Gasteiger partial charge >= 0.3 is 0 Å². The average Bonchev–Trinajstić information content (AvgIpc) is 2.95. The summed E-state index contributed by atoms with van der Waals surface area (Å²) < 4.78 is 5.12. The minimum atomic E-state index is -0.0349. The van der Waals surface area contributed by atoms with Crippen molar-refractivity contribution in [2.45, 2.75) is 6.92 Å². The van der Waals surface area contributed by atoms with E-state index in [1.165, 1.54) is 11.3 Å². The fraction of sp³-hybridized carbons (Fsp3) is 0.286. The first-order valence-electron chi connectivity index (χ1n) is 6.01. The van der Waals surface area contributed by atoms with Crippen LogP contribution in [0.3, 0.4) is 0 Å². The minimum Gasteiger partial charge on any atom is -0.497 e. The minimum absolute atomic E-state index is 0.0349. The van der Waals surface area contributed by atoms with Crippen molar-refractivity contribution in [1.29, 1.82) is 0 Å². The second-order valence-corrected chi connectivity index (χ2v) is 4.94. The molecule has 2 aromatic rings. The van der Waals surface area contributed by atoms with Gasteiger partial charge < -0.3 is 9.64 Å². The van der Waals surface area contributed by atoms with E-state index >= 15 is 0 Å². The van der Waals surface area contributed by atoms with Gasteiger partial charge in [-0.15, -0.1) is 11.3 Å². The lowest BCUT2D eigenvalue weighted by atomic mass is 10.2. The second-order valence-electron chi connectivity index (χ2n) is 4.09. The van der Waals surface area contributed by atoms with Gasteiger partial charge in [-0.25, -0.2) is 4.98 Å². The van der Waals surface area contributed by atoms with E-state index in [0.29, 0.717) is 11.6 Å². The van der Waals surface area contributed by atoms with Crippen LogP contribution in [0, 0.1) is 0 Å². The van der Waals surface area contributed by atoms with Gasteiger partial charge in [-0.1, -0.05) is 0 Å². The summed E-state index contributed by atoms with van der Waals surface area (Å²) in [7, 11) is 3.41. The number of nitrogens with zero attached hydrogens (tertiary/aromatic N) is 2. The Morgan fingerprint density at radius 3 is 2.63 bits per heavy atom.